The number of para-hydroxylation sites is 1. The van der Waals surface area contributed by atoms with Crippen molar-refractivity contribution in [1.29, 1.82) is 0 Å². The quantitative estimate of drug-likeness (QED) is 0.693. The molecule has 0 radical (unpaired) electrons. The monoisotopic (exact) mass is 304 g/mol. The fraction of sp³-hybridized carbons (Fsp3) is 0.0833. The highest BCUT2D eigenvalue weighted by molar-refractivity contribution is 7.99. The first-order chi connectivity index (χ1) is 9.72. The van der Waals surface area contributed by atoms with Gasteiger partial charge in [0.25, 0.3) is 0 Å². The average Bonchev–Trinajstić information content (AvgIpc) is 2.86. The molecule has 6 nitrogen and oxygen atoms in total. The third-order valence-corrected chi connectivity index (χ3v) is 3.47. The van der Waals surface area contributed by atoms with E-state index in [-0.39, 0.29) is 0 Å². The van der Waals surface area contributed by atoms with Crippen LogP contribution in [0.1, 0.15) is 5.82 Å². The summed E-state index contributed by atoms with van der Waals surface area (Å²) in [4.78, 5) is 8.33. The summed E-state index contributed by atoms with van der Waals surface area (Å²) in [5.74, 6) is 0.610. The van der Waals surface area contributed by atoms with Gasteiger partial charge in [0.1, 0.15) is 16.0 Å². The van der Waals surface area contributed by atoms with Gasteiger partial charge < -0.3 is 0 Å². The largest absolute Gasteiger partial charge is 0.226 e. The summed E-state index contributed by atoms with van der Waals surface area (Å²) in [6, 6.07) is 11.3. The Hall–Kier alpha value is -1.99. The lowest BCUT2D eigenvalue weighted by molar-refractivity contribution is 0.755. The van der Waals surface area contributed by atoms with Crippen molar-refractivity contribution in [3.8, 4) is 5.69 Å². The molecular formula is C12H9ClN6S. The number of halogens is 1. The van der Waals surface area contributed by atoms with Crippen LogP contribution < -0.4 is 0 Å². The zero-order valence-corrected chi connectivity index (χ0v) is 12.0. The molecule has 20 heavy (non-hydrogen) atoms. The standard InChI is InChI=1S/C12H9ClN6S/c1-8-14-10(13)7-11(15-8)20-12-16-17-18-19(12)9-5-3-2-4-6-9/h2-7H,1H3. The molecule has 0 atom stereocenters. The van der Waals surface area contributed by atoms with Gasteiger partial charge in [-0.25, -0.2) is 9.97 Å². The molecule has 0 aliphatic heterocycles. The van der Waals surface area contributed by atoms with E-state index in [9.17, 15) is 0 Å². The maximum Gasteiger partial charge on any atom is 0.220 e. The van der Waals surface area contributed by atoms with Crippen LogP contribution in [-0.2, 0) is 0 Å². The summed E-state index contributed by atoms with van der Waals surface area (Å²) >= 11 is 7.26. The average molecular weight is 305 g/mol. The van der Waals surface area contributed by atoms with Gasteiger partial charge >= 0.3 is 0 Å². The molecule has 0 N–H and O–H groups in total. The highest BCUT2D eigenvalue weighted by Gasteiger charge is 2.11. The predicted octanol–water partition coefficient (Wildman–Crippen LogP) is 2.57. The molecule has 2 aromatic heterocycles. The summed E-state index contributed by atoms with van der Waals surface area (Å²) in [6.07, 6.45) is 0. The molecule has 8 heteroatoms. The number of tetrazole rings is 1. The molecule has 0 saturated heterocycles. The molecule has 100 valence electrons. The molecule has 0 aliphatic carbocycles. The normalized spacial score (nSPS) is 10.7. The van der Waals surface area contributed by atoms with E-state index in [0.29, 0.717) is 21.2 Å². The van der Waals surface area contributed by atoms with Crippen LogP contribution in [0.4, 0.5) is 0 Å². The molecule has 0 bridgehead atoms. The lowest BCUT2D eigenvalue weighted by atomic mass is 10.3. The van der Waals surface area contributed by atoms with Crippen molar-refractivity contribution in [2.24, 2.45) is 0 Å². The molecule has 0 unspecified atom stereocenters. The lowest BCUT2D eigenvalue weighted by Crippen LogP contribution is -1.99. The summed E-state index contributed by atoms with van der Waals surface area (Å²) in [5.41, 5.74) is 0.886. The van der Waals surface area contributed by atoms with Crippen LogP contribution in [0.5, 0.6) is 0 Å². The number of aromatic nitrogens is 6. The van der Waals surface area contributed by atoms with Gasteiger partial charge in [0.05, 0.1) is 5.69 Å². The first-order valence-electron chi connectivity index (χ1n) is 5.75. The Kier molecular flexibility index (Phi) is 3.62. The van der Waals surface area contributed by atoms with Gasteiger partial charge in [0, 0.05) is 6.07 Å². The Bertz CT molecular complexity index is 710. The maximum atomic E-state index is 5.92. The zero-order valence-electron chi connectivity index (χ0n) is 10.4. The summed E-state index contributed by atoms with van der Waals surface area (Å²) in [5, 5.41) is 13.4. The van der Waals surface area contributed by atoms with Gasteiger partial charge in [0.15, 0.2) is 0 Å². The Morgan fingerprint density at radius 2 is 1.95 bits per heavy atom. The molecule has 2 heterocycles. The Balaban J connectivity index is 1.94. The lowest BCUT2D eigenvalue weighted by Gasteiger charge is -2.04. The van der Waals surface area contributed by atoms with Gasteiger partial charge in [-0.3, -0.25) is 0 Å². The van der Waals surface area contributed by atoms with Crippen LogP contribution in [0.25, 0.3) is 5.69 Å². The first-order valence-corrected chi connectivity index (χ1v) is 6.94. The van der Waals surface area contributed by atoms with E-state index < -0.39 is 0 Å². The zero-order chi connectivity index (χ0) is 13.9. The molecular weight excluding hydrogens is 296 g/mol. The van der Waals surface area contributed by atoms with Gasteiger partial charge in [-0.2, -0.15) is 4.68 Å². The summed E-state index contributed by atoms with van der Waals surface area (Å²) < 4.78 is 1.65. The highest BCUT2D eigenvalue weighted by Crippen LogP contribution is 2.26. The van der Waals surface area contributed by atoms with Crippen LogP contribution in [0.15, 0.2) is 46.6 Å². The van der Waals surface area contributed by atoms with Crippen molar-refractivity contribution in [3.05, 3.63) is 47.4 Å². The van der Waals surface area contributed by atoms with Crippen LogP contribution in [0, 0.1) is 6.92 Å². The molecule has 0 saturated carbocycles. The second-order valence-electron chi connectivity index (χ2n) is 3.89. The SMILES string of the molecule is Cc1nc(Cl)cc(Sc2nnnn2-c2ccccc2)n1. The van der Waals surface area contributed by atoms with Gasteiger partial charge in [-0.1, -0.05) is 29.8 Å². The van der Waals surface area contributed by atoms with Crippen LogP contribution in [0.3, 0.4) is 0 Å². The van der Waals surface area contributed by atoms with E-state index in [1.807, 2.05) is 30.3 Å². The van der Waals surface area contributed by atoms with E-state index >= 15 is 0 Å². The van der Waals surface area contributed by atoms with E-state index in [2.05, 4.69) is 25.5 Å². The van der Waals surface area contributed by atoms with Crippen LogP contribution in [-0.4, -0.2) is 30.2 Å². The molecule has 0 spiro atoms. The van der Waals surface area contributed by atoms with E-state index in [1.54, 1.807) is 17.7 Å². The summed E-state index contributed by atoms with van der Waals surface area (Å²) in [6.45, 7) is 1.79. The maximum absolute atomic E-state index is 5.92. The van der Waals surface area contributed by atoms with Gasteiger partial charge in [-0.15, -0.1) is 5.10 Å². The molecule has 3 rings (SSSR count). The third kappa shape index (κ3) is 2.78. The van der Waals surface area contributed by atoms with Crippen LogP contribution in [0.2, 0.25) is 5.15 Å². The number of rotatable bonds is 3. The Morgan fingerprint density at radius 3 is 2.70 bits per heavy atom. The van der Waals surface area contributed by atoms with Crippen molar-refractivity contribution in [1.82, 2.24) is 30.2 Å². The van der Waals surface area contributed by atoms with E-state index in [1.165, 1.54) is 11.8 Å². The smallest absolute Gasteiger partial charge is 0.220 e. The van der Waals surface area contributed by atoms with Crippen molar-refractivity contribution < 1.29 is 0 Å². The summed E-state index contributed by atoms with van der Waals surface area (Å²) in [7, 11) is 0. The van der Waals surface area contributed by atoms with Gasteiger partial charge in [0.2, 0.25) is 5.16 Å². The molecule has 1 aromatic carbocycles. The minimum atomic E-state index is 0.402. The molecule has 0 amide bonds. The van der Waals surface area contributed by atoms with Crippen molar-refractivity contribution in [2.75, 3.05) is 0 Å². The number of hydrogen-bond donors (Lipinski definition) is 0. The molecule has 0 aliphatic rings. The number of benzene rings is 1. The predicted molar refractivity (Wildman–Crippen MR) is 75.1 cm³/mol. The fourth-order valence-electron chi connectivity index (χ4n) is 1.63. The Morgan fingerprint density at radius 1 is 1.15 bits per heavy atom. The third-order valence-electron chi connectivity index (χ3n) is 2.42. The van der Waals surface area contributed by atoms with Crippen molar-refractivity contribution >= 4 is 23.4 Å². The van der Waals surface area contributed by atoms with Crippen molar-refractivity contribution in [3.63, 3.8) is 0 Å². The highest BCUT2D eigenvalue weighted by atomic mass is 35.5. The van der Waals surface area contributed by atoms with Gasteiger partial charge in [-0.05, 0) is 41.2 Å². The second kappa shape index (κ2) is 5.56. The number of aryl methyl sites for hydroxylation is 1. The molecule has 0 fully saturated rings. The Labute approximate surface area is 124 Å². The van der Waals surface area contributed by atoms with Crippen molar-refractivity contribution in [2.45, 2.75) is 17.1 Å². The van der Waals surface area contributed by atoms with E-state index in [4.69, 9.17) is 11.6 Å². The minimum Gasteiger partial charge on any atom is -0.226 e. The first kappa shape index (κ1) is 13.0. The van der Waals surface area contributed by atoms with E-state index in [0.717, 1.165) is 5.69 Å². The van der Waals surface area contributed by atoms with Crippen LogP contribution >= 0.6 is 23.4 Å². The minimum absolute atomic E-state index is 0.402. The number of hydrogen-bond acceptors (Lipinski definition) is 6. The molecule has 3 aromatic rings. The second-order valence-corrected chi connectivity index (χ2v) is 5.26. The topological polar surface area (TPSA) is 69.4 Å². The number of nitrogens with zero attached hydrogens (tertiary/aromatic N) is 6. The fourth-order valence-corrected chi connectivity index (χ4v) is 2.76.